The minimum atomic E-state index is -3.75. The van der Waals surface area contributed by atoms with Crippen LogP contribution in [0.4, 0.5) is 4.39 Å². The molecule has 4 nitrogen and oxygen atoms in total. The lowest BCUT2D eigenvalue weighted by Crippen LogP contribution is -2.32. The molecule has 0 aliphatic heterocycles. The van der Waals surface area contributed by atoms with E-state index in [1.807, 2.05) is 20.8 Å². The third kappa shape index (κ3) is 4.70. The van der Waals surface area contributed by atoms with E-state index in [0.29, 0.717) is 0 Å². The molecular weight excluding hydrogens is 305 g/mol. The quantitative estimate of drug-likeness (QED) is 0.875. The van der Waals surface area contributed by atoms with Gasteiger partial charge in [-0.2, -0.15) is 0 Å². The molecule has 1 aromatic rings. The topological polar surface area (TPSA) is 66.4 Å². The molecule has 20 heavy (non-hydrogen) atoms. The second-order valence-electron chi connectivity index (χ2n) is 5.64. The van der Waals surface area contributed by atoms with Crippen molar-refractivity contribution in [2.75, 3.05) is 6.54 Å². The normalized spacial score (nSPS) is 14.3. The highest BCUT2D eigenvalue weighted by Gasteiger charge is 2.23. The van der Waals surface area contributed by atoms with Crippen LogP contribution >= 0.6 is 11.6 Å². The summed E-state index contributed by atoms with van der Waals surface area (Å²) in [6.45, 7) is 5.69. The van der Waals surface area contributed by atoms with E-state index in [2.05, 4.69) is 4.72 Å². The maximum Gasteiger partial charge on any atom is 0.240 e. The van der Waals surface area contributed by atoms with Crippen molar-refractivity contribution in [3.05, 3.63) is 29.0 Å². The number of rotatable bonds is 5. The number of hydrogen-bond donors (Lipinski definition) is 2. The monoisotopic (exact) mass is 323 g/mol. The Morgan fingerprint density at radius 1 is 1.40 bits per heavy atom. The fraction of sp³-hybridized carbons (Fsp3) is 0.538. The molecule has 7 heteroatoms. The number of aliphatic hydroxyl groups excluding tert-OH is 1. The van der Waals surface area contributed by atoms with Crippen LogP contribution in [0.3, 0.4) is 0 Å². The molecule has 0 amide bonds. The van der Waals surface area contributed by atoms with Crippen LogP contribution in [-0.4, -0.2) is 26.2 Å². The van der Waals surface area contributed by atoms with E-state index < -0.39 is 21.9 Å². The smallest absolute Gasteiger partial charge is 0.240 e. The summed E-state index contributed by atoms with van der Waals surface area (Å²) in [6.07, 6.45) is -0.334. The van der Waals surface area contributed by atoms with Crippen molar-refractivity contribution in [3.8, 4) is 0 Å². The van der Waals surface area contributed by atoms with Gasteiger partial charge < -0.3 is 5.11 Å². The third-order valence-corrected chi connectivity index (χ3v) is 4.66. The summed E-state index contributed by atoms with van der Waals surface area (Å²) in [4.78, 5) is -0.103. The van der Waals surface area contributed by atoms with Crippen molar-refractivity contribution in [3.63, 3.8) is 0 Å². The number of benzene rings is 1. The second kappa shape index (κ2) is 6.39. The molecule has 2 N–H and O–H groups in total. The zero-order valence-electron chi connectivity index (χ0n) is 11.7. The lowest BCUT2D eigenvalue weighted by Gasteiger charge is -2.25. The van der Waals surface area contributed by atoms with Gasteiger partial charge in [0.25, 0.3) is 0 Å². The van der Waals surface area contributed by atoms with Crippen LogP contribution in [0.1, 0.15) is 27.2 Å². The number of halogens is 2. The summed E-state index contributed by atoms with van der Waals surface area (Å²) in [7, 11) is -3.75. The molecule has 1 unspecified atom stereocenters. The largest absolute Gasteiger partial charge is 0.393 e. The van der Waals surface area contributed by atoms with Crippen LogP contribution in [0.2, 0.25) is 5.02 Å². The highest BCUT2D eigenvalue weighted by molar-refractivity contribution is 7.89. The average Bonchev–Trinajstić information content (AvgIpc) is 2.31. The first-order chi connectivity index (χ1) is 9.04. The van der Waals surface area contributed by atoms with Crippen molar-refractivity contribution in [2.24, 2.45) is 5.41 Å². The molecule has 114 valence electrons. The predicted molar refractivity (Wildman–Crippen MR) is 76.7 cm³/mol. The summed E-state index contributed by atoms with van der Waals surface area (Å²) >= 11 is 5.56. The van der Waals surface area contributed by atoms with Gasteiger partial charge in [-0.25, -0.2) is 17.5 Å². The molecule has 0 aliphatic carbocycles. The van der Waals surface area contributed by atoms with Crippen LogP contribution < -0.4 is 4.72 Å². The lowest BCUT2D eigenvalue weighted by atomic mass is 9.87. The molecule has 0 fully saturated rings. The van der Waals surface area contributed by atoms with Crippen molar-refractivity contribution in [1.29, 1.82) is 0 Å². The van der Waals surface area contributed by atoms with Gasteiger partial charge in [-0.3, -0.25) is 0 Å². The van der Waals surface area contributed by atoms with E-state index in [1.165, 1.54) is 0 Å². The molecule has 0 aromatic heterocycles. The van der Waals surface area contributed by atoms with Gasteiger partial charge >= 0.3 is 0 Å². The van der Waals surface area contributed by atoms with Gasteiger partial charge in [0.15, 0.2) is 0 Å². The number of sulfonamides is 1. The van der Waals surface area contributed by atoms with E-state index in [-0.39, 0.29) is 28.3 Å². The highest BCUT2D eigenvalue weighted by Crippen LogP contribution is 2.22. The SMILES string of the molecule is CC(C)(C)C(O)CCNS(=O)(=O)c1ccc(F)c(Cl)c1. The highest BCUT2D eigenvalue weighted by atomic mass is 35.5. The Hall–Kier alpha value is -0.690. The maximum absolute atomic E-state index is 13.0. The molecule has 1 aromatic carbocycles. The van der Waals surface area contributed by atoms with E-state index >= 15 is 0 Å². The predicted octanol–water partition coefficient (Wildman–Crippen LogP) is 2.55. The van der Waals surface area contributed by atoms with Gasteiger partial charge in [0.05, 0.1) is 16.0 Å². The summed E-state index contributed by atoms with van der Waals surface area (Å²) in [5, 5.41) is 9.58. The first-order valence-electron chi connectivity index (χ1n) is 6.17. The van der Waals surface area contributed by atoms with Crippen LogP contribution in [0.25, 0.3) is 0 Å². The van der Waals surface area contributed by atoms with Crippen LogP contribution in [-0.2, 0) is 10.0 Å². The number of nitrogens with one attached hydrogen (secondary N) is 1. The molecule has 0 bridgehead atoms. The second-order valence-corrected chi connectivity index (χ2v) is 7.82. The van der Waals surface area contributed by atoms with Gasteiger partial charge in [0, 0.05) is 6.54 Å². The average molecular weight is 324 g/mol. The molecule has 1 rings (SSSR count). The van der Waals surface area contributed by atoms with E-state index in [1.54, 1.807) is 0 Å². The Morgan fingerprint density at radius 2 is 2.00 bits per heavy atom. The zero-order chi connectivity index (χ0) is 15.6. The van der Waals surface area contributed by atoms with Gasteiger partial charge in [0.2, 0.25) is 10.0 Å². The maximum atomic E-state index is 13.0. The Labute approximate surface area is 124 Å². The molecule has 0 saturated heterocycles. The fourth-order valence-corrected chi connectivity index (χ4v) is 2.81. The van der Waals surface area contributed by atoms with Gasteiger partial charge in [-0.1, -0.05) is 32.4 Å². The number of aliphatic hydroxyl groups is 1. The number of hydrogen-bond acceptors (Lipinski definition) is 3. The Morgan fingerprint density at radius 3 is 2.50 bits per heavy atom. The molecule has 0 saturated carbocycles. The minimum absolute atomic E-state index is 0.0930. The third-order valence-electron chi connectivity index (χ3n) is 2.91. The Bertz CT molecular complexity index is 569. The standard InChI is InChI=1S/C13H19ClFNO3S/c1-13(2,3)12(17)6-7-16-20(18,19)9-4-5-11(15)10(14)8-9/h4-5,8,12,16-17H,6-7H2,1-3H3. The molecule has 0 radical (unpaired) electrons. The summed E-state index contributed by atoms with van der Waals surface area (Å²) in [5.41, 5.74) is -0.315. The molecular formula is C13H19ClFNO3S. The van der Waals surface area contributed by atoms with Gasteiger partial charge in [-0.05, 0) is 30.0 Å². The van der Waals surface area contributed by atoms with Crippen molar-refractivity contribution in [1.82, 2.24) is 4.72 Å². The Kier molecular flexibility index (Phi) is 5.54. The van der Waals surface area contributed by atoms with E-state index in [0.717, 1.165) is 18.2 Å². The van der Waals surface area contributed by atoms with Crippen molar-refractivity contribution >= 4 is 21.6 Å². The lowest BCUT2D eigenvalue weighted by molar-refractivity contribution is 0.0571. The minimum Gasteiger partial charge on any atom is -0.393 e. The summed E-state index contributed by atoms with van der Waals surface area (Å²) < 4.78 is 39.3. The zero-order valence-corrected chi connectivity index (χ0v) is 13.2. The summed E-state index contributed by atoms with van der Waals surface area (Å²) in [5.74, 6) is -0.672. The first kappa shape index (κ1) is 17.4. The summed E-state index contributed by atoms with van der Waals surface area (Å²) in [6, 6.07) is 3.20. The van der Waals surface area contributed by atoms with Crippen molar-refractivity contribution < 1.29 is 17.9 Å². The molecule has 1 atom stereocenters. The van der Waals surface area contributed by atoms with Gasteiger partial charge in [-0.15, -0.1) is 0 Å². The van der Waals surface area contributed by atoms with Gasteiger partial charge in [0.1, 0.15) is 5.82 Å². The first-order valence-corrected chi connectivity index (χ1v) is 8.03. The van der Waals surface area contributed by atoms with Crippen LogP contribution in [0, 0.1) is 11.2 Å². The van der Waals surface area contributed by atoms with Crippen LogP contribution in [0.5, 0.6) is 0 Å². The van der Waals surface area contributed by atoms with Crippen molar-refractivity contribution in [2.45, 2.75) is 38.2 Å². The molecule has 0 heterocycles. The van der Waals surface area contributed by atoms with E-state index in [9.17, 15) is 17.9 Å². The Balaban J connectivity index is 2.69. The molecule has 0 spiro atoms. The van der Waals surface area contributed by atoms with E-state index in [4.69, 9.17) is 11.6 Å². The fourth-order valence-electron chi connectivity index (χ4n) is 1.49. The molecule has 0 aliphatic rings. The van der Waals surface area contributed by atoms with Crippen LogP contribution in [0.15, 0.2) is 23.1 Å².